The average Bonchev–Trinajstić information content (AvgIpc) is 3.08. The van der Waals surface area contributed by atoms with E-state index in [1.807, 2.05) is 24.3 Å². The highest BCUT2D eigenvalue weighted by molar-refractivity contribution is 5.92. The summed E-state index contributed by atoms with van der Waals surface area (Å²) in [6, 6.07) is 10.4. The summed E-state index contributed by atoms with van der Waals surface area (Å²) < 4.78 is 10.4. The van der Waals surface area contributed by atoms with Gasteiger partial charge in [-0.25, -0.2) is 0 Å². The molecule has 0 saturated carbocycles. The first-order valence-corrected chi connectivity index (χ1v) is 7.30. The predicted octanol–water partition coefficient (Wildman–Crippen LogP) is 2.71. The Bertz CT molecular complexity index is 1000. The topological polar surface area (TPSA) is 112 Å². The van der Waals surface area contributed by atoms with Gasteiger partial charge in [-0.1, -0.05) is 24.3 Å². The Morgan fingerprint density at radius 2 is 2.04 bits per heavy atom. The van der Waals surface area contributed by atoms with Gasteiger partial charge in [0.05, 0.1) is 29.0 Å². The summed E-state index contributed by atoms with van der Waals surface area (Å²) in [5, 5.41) is 24.9. The van der Waals surface area contributed by atoms with E-state index in [1.54, 1.807) is 6.20 Å². The highest BCUT2D eigenvalue weighted by Gasteiger charge is 2.22. The minimum atomic E-state index is -0.499. The van der Waals surface area contributed by atoms with Crippen LogP contribution in [0.5, 0.6) is 11.5 Å². The van der Waals surface area contributed by atoms with Gasteiger partial charge in [-0.2, -0.15) is 10.2 Å². The molecule has 1 aliphatic heterocycles. The minimum absolute atomic E-state index is 0.0386. The fourth-order valence-electron chi connectivity index (χ4n) is 2.48. The van der Waals surface area contributed by atoms with Crippen LogP contribution in [-0.4, -0.2) is 28.1 Å². The number of anilines is 1. The van der Waals surface area contributed by atoms with Crippen LogP contribution in [0, 0.1) is 10.1 Å². The van der Waals surface area contributed by atoms with Gasteiger partial charge in [0, 0.05) is 10.8 Å². The molecule has 0 spiro atoms. The maximum Gasteiger partial charge on any atom is 0.282 e. The van der Waals surface area contributed by atoms with Crippen molar-refractivity contribution in [1.82, 2.24) is 10.2 Å². The lowest BCUT2D eigenvalue weighted by atomic mass is 10.1. The van der Waals surface area contributed by atoms with E-state index in [1.165, 1.54) is 18.3 Å². The van der Waals surface area contributed by atoms with Crippen molar-refractivity contribution in [3.05, 3.63) is 58.3 Å². The van der Waals surface area contributed by atoms with Crippen molar-refractivity contribution >= 4 is 28.5 Å². The number of ether oxygens (including phenoxy) is 2. The van der Waals surface area contributed by atoms with E-state index in [4.69, 9.17) is 9.47 Å². The molecule has 1 N–H and O–H groups in total. The Hall–Kier alpha value is -3.75. The Labute approximate surface area is 141 Å². The summed E-state index contributed by atoms with van der Waals surface area (Å²) in [5.74, 6) is 1.24. The van der Waals surface area contributed by atoms with Crippen LogP contribution in [0.1, 0.15) is 5.56 Å². The number of nitrogens with zero attached hydrogens (tertiary/aromatic N) is 4. The van der Waals surface area contributed by atoms with Gasteiger partial charge in [-0.05, 0) is 6.07 Å². The molecule has 0 fully saturated rings. The van der Waals surface area contributed by atoms with Crippen LogP contribution < -0.4 is 14.9 Å². The Morgan fingerprint density at radius 1 is 1.24 bits per heavy atom. The van der Waals surface area contributed by atoms with E-state index < -0.39 is 4.92 Å². The molecular formula is C16H11N5O4. The number of nitro groups is 1. The van der Waals surface area contributed by atoms with Crippen molar-refractivity contribution in [2.75, 3.05) is 12.2 Å². The third kappa shape index (κ3) is 2.78. The van der Waals surface area contributed by atoms with Gasteiger partial charge in [-0.15, -0.1) is 5.10 Å². The van der Waals surface area contributed by atoms with Gasteiger partial charge in [0.15, 0.2) is 17.3 Å². The average molecular weight is 337 g/mol. The first-order chi connectivity index (χ1) is 12.2. The van der Waals surface area contributed by atoms with Crippen molar-refractivity contribution in [3.8, 4) is 11.5 Å². The zero-order valence-electron chi connectivity index (χ0n) is 12.7. The quantitative estimate of drug-likeness (QED) is 0.442. The lowest BCUT2D eigenvalue weighted by molar-refractivity contribution is -0.385. The Morgan fingerprint density at radius 3 is 2.88 bits per heavy atom. The van der Waals surface area contributed by atoms with Crippen molar-refractivity contribution < 1.29 is 14.4 Å². The summed E-state index contributed by atoms with van der Waals surface area (Å²) in [6.45, 7) is 0.0386. The number of hydrogen-bond donors (Lipinski definition) is 1. The number of aromatic nitrogens is 2. The summed E-state index contributed by atoms with van der Waals surface area (Å²) in [5.41, 5.74) is 2.93. The molecule has 0 unspecified atom stereocenters. The molecule has 1 aromatic heterocycles. The van der Waals surface area contributed by atoms with Crippen molar-refractivity contribution in [2.24, 2.45) is 5.10 Å². The molecule has 0 saturated heterocycles. The van der Waals surface area contributed by atoms with E-state index in [-0.39, 0.29) is 18.0 Å². The molecule has 0 atom stereocenters. The molecule has 1 aliphatic rings. The lowest BCUT2D eigenvalue weighted by Crippen LogP contribution is -1.99. The minimum Gasteiger partial charge on any atom is -0.454 e. The molecule has 124 valence electrons. The molecule has 0 radical (unpaired) electrons. The van der Waals surface area contributed by atoms with Crippen LogP contribution in [0.4, 0.5) is 11.5 Å². The molecular weight excluding hydrogens is 326 g/mol. The van der Waals surface area contributed by atoms with Crippen LogP contribution in [0.15, 0.2) is 47.7 Å². The van der Waals surface area contributed by atoms with Crippen LogP contribution in [0.3, 0.4) is 0 Å². The van der Waals surface area contributed by atoms with E-state index >= 15 is 0 Å². The molecule has 4 rings (SSSR count). The first kappa shape index (κ1) is 14.8. The van der Waals surface area contributed by atoms with Gasteiger partial charge in [-0.3, -0.25) is 15.5 Å². The van der Waals surface area contributed by atoms with Crippen LogP contribution >= 0.6 is 0 Å². The Kier molecular flexibility index (Phi) is 3.58. The van der Waals surface area contributed by atoms with Crippen LogP contribution in [0.25, 0.3) is 10.8 Å². The number of rotatable bonds is 4. The smallest absolute Gasteiger partial charge is 0.282 e. The summed E-state index contributed by atoms with van der Waals surface area (Å²) in [6.07, 6.45) is 2.98. The predicted molar refractivity (Wildman–Crippen MR) is 90.0 cm³/mol. The van der Waals surface area contributed by atoms with Gasteiger partial charge < -0.3 is 9.47 Å². The van der Waals surface area contributed by atoms with Gasteiger partial charge in [0.2, 0.25) is 6.79 Å². The van der Waals surface area contributed by atoms with Gasteiger partial charge in [0.1, 0.15) is 0 Å². The summed E-state index contributed by atoms with van der Waals surface area (Å²) >= 11 is 0. The van der Waals surface area contributed by atoms with Crippen molar-refractivity contribution in [1.29, 1.82) is 0 Å². The Balaban J connectivity index is 1.65. The zero-order chi connectivity index (χ0) is 17.2. The highest BCUT2D eigenvalue weighted by Crippen LogP contribution is 2.37. The van der Waals surface area contributed by atoms with E-state index in [0.717, 1.165) is 10.8 Å². The number of hydrazone groups is 1. The molecule has 25 heavy (non-hydrogen) atoms. The molecule has 2 aromatic carbocycles. The molecule has 3 aromatic rings. The third-order valence-electron chi connectivity index (χ3n) is 3.66. The van der Waals surface area contributed by atoms with Gasteiger partial charge in [0.25, 0.3) is 5.69 Å². The molecule has 0 aliphatic carbocycles. The van der Waals surface area contributed by atoms with Crippen LogP contribution in [0.2, 0.25) is 0 Å². The molecule has 2 heterocycles. The van der Waals surface area contributed by atoms with E-state index in [0.29, 0.717) is 17.3 Å². The number of nitrogens with one attached hydrogen (secondary N) is 1. The molecule has 9 nitrogen and oxygen atoms in total. The monoisotopic (exact) mass is 337 g/mol. The lowest BCUT2D eigenvalue weighted by Gasteiger charge is -2.03. The summed E-state index contributed by atoms with van der Waals surface area (Å²) in [7, 11) is 0. The maximum absolute atomic E-state index is 11.2. The van der Waals surface area contributed by atoms with Crippen LogP contribution in [-0.2, 0) is 0 Å². The van der Waals surface area contributed by atoms with Crippen molar-refractivity contribution in [2.45, 2.75) is 0 Å². The third-order valence-corrected chi connectivity index (χ3v) is 3.66. The maximum atomic E-state index is 11.2. The number of nitro benzene ring substituents is 1. The fraction of sp³-hybridized carbons (Fsp3) is 0.0625. The van der Waals surface area contributed by atoms with Gasteiger partial charge >= 0.3 is 0 Å². The number of benzene rings is 2. The SMILES string of the molecule is O=[N+]([O-])c1cc2c(cc1/C=N/Nc1nncc3ccccc13)OCO2. The molecule has 0 bridgehead atoms. The largest absolute Gasteiger partial charge is 0.454 e. The second-order valence-electron chi connectivity index (χ2n) is 5.17. The first-order valence-electron chi connectivity index (χ1n) is 7.30. The second-order valence-corrected chi connectivity index (χ2v) is 5.17. The molecule has 9 heteroatoms. The summed E-state index contributed by atoms with van der Waals surface area (Å²) in [4.78, 5) is 10.7. The van der Waals surface area contributed by atoms with E-state index in [9.17, 15) is 10.1 Å². The number of fused-ring (bicyclic) bond motifs is 2. The normalized spacial score (nSPS) is 12.6. The van der Waals surface area contributed by atoms with Crippen molar-refractivity contribution in [3.63, 3.8) is 0 Å². The fourth-order valence-corrected chi connectivity index (χ4v) is 2.48. The number of hydrogen-bond acceptors (Lipinski definition) is 8. The standard InChI is InChI=1S/C16H11N5O4/c22-21(23)13-6-15-14(24-9-25-15)5-11(13)8-18-20-16-12-4-2-1-3-10(12)7-17-19-16/h1-8H,9H2,(H,19,20)/b18-8+. The second kappa shape index (κ2) is 6.04. The highest BCUT2D eigenvalue weighted by atomic mass is 16.7. The molecule has 0 amide bonds. The zero-order valence-corrected chi connectivity index (χ0v) is 12.7. The van der Waals surface area contributed by atoms with E-state index in [2.05, 4.69) is 20.7 Å².